The van der Waals surface area contributed by atoms with E-state index in [2.05, 4.69) is 20.8 Å². The minimum Gasteiger partial charge on any atom is -0.379 e. The molecule has 0 spiro atoms. The molecule has 0 aliphatic carbocycles. The Hall–Kier alpha value is -0.120. The van der Waals surface area contributed by atoms with Gasteiger partial charge in [0.2, 0.25) is 0 Å². The molecule has 0 amide bonds. The fraction of sp³-hybridized carbons (Fsp3) is 1.00. The number of hydrogen-bond acceptors (Lipinski definition) is 3. The predicted molar refractivity (Wildman–Crippen MR) is 57.6 cm³/mol. The molecule has 0 unspecified atom stereocenters. The summed E-state index contributed by atoms with van der Waals surface area (Å²) in [5, 5.41) is 0. The first kappa shape index (κ1) is 13.9. The highest BCUT2D eigenvalue weighted by Crippen LogP contribution is 1.91. The van der Waals surface area contributed by atoms with Crippen molar-refractivity contribution in [2.75, 3.05) is 39.6 Å². The topological polar surface area (TPSA) is 27.7 Å². The Morgan fingerprint density at radius 3 is 1.79 bits per heavy atom. The van der Waals surface area contributed by atoms with E-state index in [1.54, 1.807) is 0 Å². The highest BCUT2D eigenvalue weighted by Gasteiger charge is 1.93. The molecule has 0 saturated heterocycles. The van der Waals surface area contributed by atoms with Crippen LogP contribution in [0.15, 0.2) is 0 Å². The highest BCUT2D eigenvalue weighted by molar-refractivity contribution is 4.39. The summed E-state index contributed by atoms with van der Waals surface area (Å²) in [6.07, 6.45) is 1.07. The lowest BCUT2D eigenvalue weighted by molar-refractivity contribution is 0.00968. The van der Waals surface area contributed by atoms with Crippen LogP contribution in [0.1, 0.15) is 27.2 Å². The Labute approximate surface area is 87.7 Å². The van der Waals surface area contributed by atoms with E-state index < -0.39 is 0 Å². The van der Waals surface area contributed by atoms with Gasteiger partial charge in [-0.25, -0.2) is 0 Å². The zero-order chi connectivity index (χ0) is 10.6. The third-order valence-electron chi connectivity index (χ3n) is 1.54. The lowest BCUT2D eigenvalue weighted by Crippen LogP contribution is -2.11. The Balaban J connectivity index is 2.85. The second-order valence-corrected chi connectivity index (χ2v) is 3.69. The molecule has 3 heteroatoms. The monoisotopic (exact) mass is 204 g/mol. The highest BCUT2D eigenvalue weighted by atomic mass is 16.5. The zero-order valence-electron chi connectivity index (χ0n) is 9.75. The molecule has 0 aromatic heterocycles. The molecule has 0 atom stereocenters. The van der Waals surface area contributed by atoms with Gasteiger partial charge in [0.15, 0.2) is 0 Å². The largest absolute Gasteiger partial charge is 0.379 e. The molecule has 0 N–H and O–H groups in total. The molecule has 3 nitrogen and oxygen atoms in total. The molecule has 0 radical (unpaired) electrons. The normalized spacial score (nSPS) is 11.1. The van der Waals surface area contributed by atoms with E-state index in [0.29, 0.717) is 32.3 Å². The zero-order valence-corrected chi connectivity index (χ0v) is 9.75. The second kappa shape index (κ2) is 11.0. The maximum Gasteiger partial charge on any atom is 0.0701 e. The van der Waals surface area contributed by atoms with Crippen molar-refractivity contribution < 1.29 is 14.2 Å². The predicted octanol–water partition coefficient (Wildman–Crippen LogP) is 2.10. The van der Waals surface area contributed by atoms with Crippen molar-refractivity contribution in [1.29, 1.82) is 0 Å². The first-order valence-corrected chi connectivity index (χ1v) is 5.50. The van der Waals surface area contributed by atoms with Gasteiger partial charge in [0.25, 0.3) is 0 Å². The van der Waals surface area contributed by atoms with Crippen LogP contribution < -0.4 is 0 Å². The van der Waals surface area contributed by atoms with Crippen LogP contribution in [0.25, 0.3) is 0 Å². The molecular formula is C11H24O3. The van der Waals surface area contributed by atoms with Crippen LogP contribution in [0.2, 0.25) is 0 Å². The maximum absolute atomic E-state index is 5.36. The summed E-state index contributed by atoms with van der Waals surface area (Å²) in [6.45, 7) is 10.7. The fourth-order valence-corrected chi connectivity index (χ4v) is 0.903. The van der Waals surface area contributed by atoms with Crippen molar-refractivity contribution in [1.82, 2.24) is 0 Å². The minimum absolute atomic E-state index is 0.600. The van der Waals surface area contributed by atoms with Crippen LogP contribution in [0.5, 0.6) is 0 Å². The quantitative estimate of drug-likeness (QED) is 0.510. The Bertz CT molecular complexity index is 105. The molecule has 0 rings (SSSR count). The molecular weight excluding hydrogens is 180 g/mol. The van der Waals surface area contributed by atoms with Gasteiger partial charge in [0, 0.05) is 13.2 Å². The first-order valence-electron chi connectivity index (χ1n) is 5.50. The van der Waals surface area contributed by atoms with Gasteiger partial charge in [0.1, 0.15) is 0 Å². The van der Waals surface area contributed by atoms with E-state index in [-0.39, 0.29) is 0 Å². The van der Waals surface area contributed by atoms with Crippen molar-refractivity contribution >= 4 is 0 Å². The van der Waals surface area contributed by atoms with Gasteiger partial charge in [-0.05, 0) is 12.3 Å². The van der Waals surface area contributed by atoms with E-state index in [9.17, 15) is 0 Å². The van der Waals surface area contributed by atoms with Crippen molar-refractivity contribution in [2.45, 2.75) is 27.2 Å². The minimum atomic E-state index is 0.600. The van der Waals surface area contributed by atoms with E-state index in [0.717, 1.165) is 19.6 Å². The van der Waals surface area contributed by atoms with Gasteiger partial charge in [0.05, 0.1) is 26.4 Å². The first-order chi connectivity index (χ1) is 6.77. The number of hydrogen-bond donors (Lipinski definition) is 0. The molecule has 86 valence electrons. The molecule has 0 heterocycles. The smallest absolute Gasteiger partial charge is 0.0701 e. The average molecular weight is 204 g/mol. The molecule has 0 aromatic carbocycles. The van der Waals surface area contributed by atoms with Gasteiger partial charge >= 0.3 is 0 Å². The molecule has 0 aliphatic heterocycles. The second-order valence-electron chi connectivity index (χ2n) is 3.69. The van der Waals surface area contributed by atoms with Crippen LogP contribution in [-0.2, 0) is 14.2 Å². The molecule has 0 saturated carbocycles. The van der Waals surface area contributed by atoms with Crippen LogP contribution in [0.3, 0.4) is 0 Å². The SMILES string of the molecule is CCCOCCOCCOCC(C)C. The van der Waals surface area contributed by atoms with Crippen molar-refractivity contribution in [3.63, 3.8) is 0 Å². The molecule has 0 aromatic rings. The van der Waals surface area contributed by atoms with Gasteiger partial charge in [-0.1, -0.05) is 20.8 Å². The lowest BCUT2D eigenvalue weighted by Gasteiger charge is -2.07. The Morgan fingerprint density at radius 1 is 0.786 bits per heavy atom. The number of rotatable bonds is 10. The van der Waals surface area contributed by atoms with Gasteiger partial charge in [-0.15, -0.1) is 0 Å². The van der Waals surface area contributed by atoms with Crippen LogP contribution in [0.4, 0.5) is 0 Å². The third kappa shape index (κ3) is 11.9. The summed E-state index contributed by atoms with van der Waals surface area (Å²) in [5.74, 6) is 0.600. The van der Waals surface area contributed by atoms with Gasteiger partial charge in [-0.2, -0.15) is 0 Å². The van der Waals surface area contributed by atoms with Crippen molar-refractivity contribution in [2.24, 2.45) is 5.92 Å². The Morgan fingerprint density at radius 2 is 1.29 bits per heavy atom. The van der Waals surface area contributed by atoms with Crippen LogP contribution in [-0.4, -0.2) is 39.6 Å². The van der Waals surface area contributed by atoms with E-state index in [1.165, 1.54) is 0 Å². The summed E-state index contributed by atoms with van der Waals surface area (Å²) in [7, 11) is 0. The summed E-state index contributed by atoms with van der Waals surface area (Å²) in [5.41, 5.74) is 0. The maximum atomic E-state index is 5.36. The van der Waals surface area contributed by atoms with Crippen LogP contribution in [0, 0.1) is 5.92 Å². The van der Waals surface area contributed by atoms with Gasteiger partial charge in [-0.3, -0.25) is 0 Å². The summed E-state index contributed by atoms with van der Waals surface area (Å²) >= 11 is 0. The average Bonchev–Trinajstić information content (AvgIpc) is 2.15. The molecule has 0 fully saturated rings. The summed E-state index contributed by atoms with van der Waals surface area (Å²) in [6, 6.07) is 0. The standard InChI is InChI=1S/C11H24O3/c1-4-5-12-6-7-13-8-9-14-10-11(2)3/h11H,4-10H2,1-3H3. The van der Waals surface area contributed by atoms with E-state index in [4.69, 9.17) is 14.2 Å². The lowest BCUT2D eigenvalue weighted by atomic mass is 10.2. The van der Waals surface area contributed by atoms with Crippen molar-refractivity contribution in [3.05, 3.63) is 0 Å². The number of ether oxygens (including phenoxy) is 3. The third-order valence-corrected chi connectivity index (χ3v) is 1.54. The van der Waals surface area contributed by atoms with Crippen molar-refractivity contribution in [3.8, 4) is 0 Å². The Kier molecular flexibility index (Phi) is 10.9. The molecule has 14 heavy (non-hydrogen) atoms. The van der Waals surface area contributed by atoms with E-state index in [1.807, 2.05) is 0 Å². The van der Waals surface area contributed by atoms with E-state index >= 15 is 0 Å². The van der Waals surface area contributed by atoms with Crippen LogP contribution >= 0.6 is 0 Å². The summed E-state index contributed by atoms with van der Waals surface area (Å²) < 4.78 is 15.9. The van der Waals surface area contributed by atoms with Gasteiger partial charge < -0.3 is 14.2 Å². The molecule has 0 bridgehead atoms. The summed E-state index contributed by atoms with van der Waals surface area (Å²) in [4.78, 5) is 0. The molecule has 0 aliphatic rings. The fourth-order valence-electron chi connectivity index (χ4n) is 0.903.